The molecule has 3 aromatic rings. The van der Waals surface area contributed by atoms with Crippen LogP contribution in [0.1, 0.15) is 31.4 Å². The molecule has 0 aliphatic rings. The first kappa shape index (κ1) is 22.2. The van der Waals surface area contributed by atoms with Crippen molar-refractivity contribution >= 4 is 51.4 Å². The first-order valence-corrected chi connectivity index (χ1v) is 10.4. The molecule has 0 fully saturated rings. The Morgan fingerprint density at radius 2 is 1.90 bits per heavy atom. The monoisotopic (exact) mass is 447 g/mol. The number of unbranched alkanes of at least 4 members (excludes halogenated alkanes) is 2. The maximum Gasteiger partial charge on any atom is 0.243 e. The molecule has 0 aliphatic carbocycles. The van der Waals surface area contributed by atoms with Gasteiger partial charge in [0, 0.05) is 28.9 Å². The summed E-state index contributed by atoms with van der Waals surface area (Å²) in [7, 11) is 0. The van der Waals surface area contributed by atoms with E-state index in [0.717, 1.165) is 46.6 Å². The van der Waals surface area contributed by atoms with Gasteiger partial charge in [0.15, 0.2) is 0 Å². The Kier molecular flexibility index (Phi) is 7.74. The molecule has 6 nitrogen and oxygen atoms in total. The molecule has 0 saturated carbocycles. The van der Waals surface area contributed by atoms with Crippen LogP contribution >= 0.6 is 23.2 Å². The summed E-state index contributed by atoms with van der Waals surface area (Å²) in [6, 6.07) is 13.2. The number of fused-ring (bicyclic) bond motifs is 1. The maximum atomic E-state index is 11.0. The van der Waals surface area contributed by atoms with Crippen LogP contribution in [0.15, 0.2) is 42.5 Å². The zero-order chi connectivity index (χ0) is 21.5. The lowest BCUT2D eigenvalue weighted by molar-refractivity contribution is -0.129. The highest BCUT2D eigenvalue weighted by Gasteiger charge is 2.08. The lowest BCUT2D eigenvalue weighted by Gasteiger charge is -2.13. The number of hydrogen-bond acceptors (Lipinski definition) is 5. The zero-order valence-corrected chi connectivity index (χ0v) is 18.1. The van der Waals surface area contributed by atoms with E-state index in [1.807, 2.05) is 37.3 Å². The number of anilines is 2. The summed E-state index contributed by atoms with van der Waals surface area (Å²) in [6.07, 6.45) is 2.67. The van der Waals surface area contributed by atoms with Gasteiger partial charge in [-0.05, 0) is 68.7 Å². The Morgan fingerprint density at radius 1 is 1.07 bits per heavy atom. The van der Waals surface area contributed by atoms with Crippen LogP contribution in [0.3, 0.4) is 0 Å². The van der Waals surface area contributed by atoms with Crippen LogP contribution in [0.2, 0.25) is 10.0 Å². The highest BCUT2D eigenvalue weighted by atomic mass is 35.5. The van der Waals surface area contributed by atoms with Crippen molar-refractivity contribution in [3.05, 3.63) is 58.2 Å². The number of nitrogens with one attached hydrogen (secondary N) is 2. The number of hydroxylamine groups is 1. The number of pyridine rings is 1. The van der Waals surface area contributed by atoms with E-state index in [0.29, 0.717) is 29.5 Å². The van der Waals surface area contributed by atoms with Gasteiger partial charge in [-0.25, -0.2) is 5.48 Å². The molecule has 158 valence electrons. The Labute approximate surface area is 185 Å². The fourth-order valence-electron chi connectivity index (χ4n) is 3.07. The SMILES string of the molecule is Cc1cc(Nc2ccc(Cl)c(Cl)c2)c2cc(OCCCCCC(=O)NO)ccc2n1. The number of amides is 1. The van der Waals surface area contributed by atoms with Crippen LogP contribution in [0.5, 0.6) is 5.75 Å². The molecule has 0 unspecified atom stereocenters. The molecule has 0 aliphatic heterocycles. The second kappa shape index (κ2) is 10.5. The van der Waals surface area contributed by atoms with Crippen molar-refractivity contribution in [2.75, 3.05) is 11.9 Å². The molecule has 3 rings (SSSR count). The second-order valence-corrected chi connectivity index (χ2v) is 7.75. The van der Waals surface area contributed by atoms with Gasteiger partial charge in [0.05, 0.1) is 22.2 Å². The molecule has 30 heavy (non-hydrogen) atoms. The fraction of sp³-hybridized carbons (Fsp3) is 0.273. The van der Waals surface area contributed by atoms with E-state index in [2.05, 4.69) is 10.3 Å². The maximum absolute atomic E-state index is 11.0. The number of rotatable bonds is 9. The van der Waals surface area contributed by atoms with Crippen molar-refractivity contribution in [3.63, 3.8) is 0 Å². The molecular weight excluding hydrogens is 425 g/mol. The number of halogens is 2. The Bertz CT molecular complexity index is 1040. The van der Waals surface area contributed by atoms with Crippen LogP contribution in [0.25, 0.3) is 10.9 Å². The number of nitrogens with zero attached hydrogens (tertiary/aromatic N) is 1. The van der Waals surface area contributed by atoms with Gasteiger partial charge in [0.2, 0.25) is 5.91 Å². The molecule has 8 heteroatoms. The average Bonchev–Trinajstić information content (AvgIpc) is 2.73. The quantitative estimate of drug-likeness (QED) is 0.211. The smallest absolute Gasteiger partial charge is 0.243 e. The van der Waals surface area contributed by atoms with E-state index in [-0.39, 0.29) is 5.91 Å². The third-order valence-electron chi connectivity index (χ3n) is 4.55. The summed E-state index contributed by atoms with van der Waals surface area (Å²) in [5.41, 5.74) is 5.12. The van der Waals surface area contributed by atoms with Crippen LogP contribution in [-0.4, -0.2) is 22.7 Å². The van der Waals surface area contributed by atoms with E-state index in [1.54, 1.807) is 17.6 Å². The summed E-state index contributed by atoms with van der Waals surface area (Å²) in [5.74, 6) is 0.383. The Balaban J connectivity index is 1.69. The van der Waals surface area contributed by atoms with Crippen LogP contribution in [0.4, 0.5) is 11.4 Å². The molecular formula is C22H23Cl2N3O3. The zero-order valence-electron chi connectivity index (χ0n) is 16.5. The third-order valence-corrected chi connectivity index (χ3v) is 5.29. The molecule has 0 saturated heterocycles. The molecule has 1 heterocycles. The average molecular weight is 448 g/mol. The molecule has 0 radical (unpaired) electrons. The van der Waals surface area contributed by atoms with Crippen molar-refractivity contribution in [2.24, 2.45) is 0 Å². The summed E-state index contributed by atoms with van der Waals surface area (Å²) < 4.78 is 5.87. The predicted molar refractivity (Wildman–Crippen MR) is 120 cm³/mol. The minimum Gasteiger partial charge on any atom is -0.494 e. The van der Waals surface area contributed by atoms with Gasteiger partial charge in [-0.3, -0.25) is 15.0 Å². The minimum atomic E-state index is -0.366. The van der Waals surface area contributed by atoms with Crippen molar-refractivity contribution < 1.29 is 14.7 Å². The largest absolute Gasteiger partial charge is 0.494 e. The molecule has 0 bridgehead atoms. The first-order chi connectivity index (χ1) is 14.5. The number of aryl methyl sites for hydroxylation is 1. The molecule has 1 aromatic heterocycles. The molecule has 0 spiro atoms. The van der Waals surface area contributed by atoms with E-state index < -0.39 is 0 Å². The topological polar surface area (TPSA) is 83.5 Å². The number of carbonyl (C=O) groups is 1. The molecule has 3 N–H and O–H groups in total. The minimum absolute atomic E-state index is 0.307. The molecule has 1 amide bonds. The normalized spacial score (nSPS) is 10.8. The highest BCUT2D eigenvalue weighted by Crippen LogP contribution is 2.32. The van der Waals surface area contributed by atoms with E-state index in [4.69, 9.17) is 33.1 Å². The second-order valence-electron chi connectivity index (χ2n) is 6.94. The van der Waals surface area contributed by atoms with Crippen LogP contribution < -0.4 is 15.5 Å². The number of hydrogen-bond donors (Lipinski definition) is 3. The number of carbonyl (C=O) groups excluding carboxylic acids is 1. The summed E-state index contributed by atoms with van der Waals surface area (Å²) >= 11 is 12.1. The number of aromatic nitrogens is 1. The van der Waals surface area contributed by atoms with Gasteiger partial charge in [-0.2, -0.15) is 0 Å². The lowest BCUT2D eigenvalue weighted by Crippen LogP contribution is -2.17. The van der Waals surface area contributed by atoms with Crippen molar-refractivity contribution in [2.45, 2.75) is 32.6 Å². The number of ether oxygens (including phenoxy) is 1. The van der Waals surface area contributed by atoms with Gasteiger partial charge < -0.3 is 10.1 Å². The standard InChI is InChI=1S/C22H23Cl2N3O3/c1-14-11-21(26-15-6-8-18(23)19(24)12-15)17-13-16(7-9-20(17)25-14)30-10-4-2-3-5-22(28)27-29/h6-9,11-13,29H,2-5,10H2,1H3,(H,25,26)(H,27,28). The summed E-state index contributed by atoms with van der Waals surface area (Å²) in [4.78, 5) is 15.6. The Morgan fingerprint density at radius 3 is 2.67 bits per heavy atom. The molecule has 2 aromatic carbocycles. The fourth-order valence-corrected chi connectivity index (χ4v) is 3.37. The van der Waals surface area contributed by atoms with Crippen LogP contribution in [0, 0.1) is 6.92 Å². The van der Waals surface area contributed by atoms with E-state index in [9.17, 15) is 4.79 Å². The highest BCUT2D eigenvalue weighted by molar-refractivity contribution is 6.42. The van der Waals surface area contributed by atoms with Crippen molar-refractivity contribution in [3.8, 4) is 5.75 Å². The van der Waals surface area contributed by atoms with Gasteiger partial charge in [-0.1, -0.05) is 23.2 Å². The lowest BCUT2D eigenvalue weighted by atomic mass is 10.1. The van der Waals surface area contributed by atoms with Gasteiger partial charge in [0.25, 0.3) is 0 Å². The van der Waals surface area contributed by atoms with Gasteiger partial charge in [0.1, 0.15) is 5.75 Å². The Hall–Kier alpha value is -2.54. The van der Waals surface area contributed by atoms with Gasteiger partial charge in [-0.15, -0.1) is 0 Å². The van der Waals surface area contributed by atoms with Crippen molar-refractivity contribution in [1.82, 2.24) is 10.5 Å². The first-order valence-electron chi connectivity index (χ1n) is 9.65. The third kappa shape index (κ3) is 5.98. The summed E-state index contributed by atoms with van der Waals surface area (Å²) in [6.45, 7) is 2.49. The van der Waals surface area contributed by atoms with E-state index in [1.165, 1.54) is 0 Å². The predicted octanol–water partition coefficient (Wildman–Crippen LogP) is 6.04. The van der Waals surface area contributed by atoms with Crippen LogP contribution in [-0.2, 0) is 4.79 Å². The number of benzene rings is 2. The van der Waals surface area contributed by atoms with Gasteiger partial charge >= 0.3 is 0 Å². The van der Waals surface area contributed by atoms with Crippen molar-refractivity contribution in [1.29, 1.82) is 0 Å². The summed E-state index contributed by atoms with van der Waals surface area (Å²) in [5, 5.41) is 13.8. The van der Waals surface area contributed by atoms with E-state index >= 15 is 0 Å². The molecule has 0 atom stereocenters.